The molecule has 3 aromatic rings. The zero-order chi connectivity index (χ0) is 30.4. The molecule has 4 rings (SSSR count). The van der Waals surface area contributed by atoms with Crippen molar-refractivity contribution in [2.75, 3.05) is 36.1 Å². The summed E-state index contributed by atoms with van der Waals surface area (Å²) in [5.74, 6) is 0.289. The van der Waals surface area contributed by atoms with E-state index in [0.29, 0.717) is 31.7 Å². The first-order valence-electron chi connectivity index (χ1n) is 13.1. The number of anilines is 3. The Hall–Kier alpha value is -3.91. The van der Waals surface area contributed by atoms with E-state index < -0.39 is 48.5 Å². The van der Waals surface area contributed by atoms with Gasteiger partial charge in [0, 0.05) is 37.7 Å². The van der Waals surface area contributed by atoms with Crippen LogP contribution in [0.5, 0.6) is 0 Å². The molecule has 14 heteroatoms. The van der Waals surface area contributed by atoms with Crippen molar-refractivity contribution in [3.8, 4) is 0 Å². The maximum atomic E-state index is 14.3. The molecular formula is C28H30F6N6O2. The first kappa shape index (κ1) is 31.0. The lowest BCUT2D eigenvalue weighted by Gasteiger charge is -2.37. The summed E-state index contributed by atoms with van der Waals surface area (Å²) < 4.78 is 88.6. The number of rotatable bonds is 11. The Balaban J connectivity index is 1.52. The van der Waals surface area contributed by atoms with Crippen LogP contribution in [0.4, 0.5) is 43.7 Å². The van der Waals surface area contributed by atoms with Gasteiger partial charge in [-0.1, -0.05) is 12.1 Å². The molecule has 1 aliphatic heterocycles. The van der Waals surface area contributed by atoms with Crippen molar-refractivity contribution in [1.29, 1.82) is 0 Å². The molecule has 4 N–H and O–H groups in total. The highest BCUT2D eigenvalue weighted by Gasteiger charge is 2.62. The van der Waals surface area contributed by atoms with Crippen LogP contribution in [-0.2, 0) is 16.9 Å². The van der Waals surface area contributed by atoms with E-state index in [4.69, 9.17) is 4.74 Å². The number of carbonyl (C=O) groups is 1. The molecule has 0 spiro atoms. The van der Waals surface area contributed by atoms with Crippen LogP contribution in [-0.4, -0.2) is 54.5 Å². The SMILES string of the molecule is CNc1cc(CNc2ncccc2C(=O)Nc2ccc(C(CC(F)(F)F)(OCC3CCCN3)C(F)(F)F)cc2)ccn1. The second-order valence-electron chi connectivity index (χ2n) is 9.80. The van der Waals surface area contributed by atoms with Gasteiger partial charge in [0.15, 0.2) is 5.60 Å². The van der Waals surface area contributed by atoms with Crippen LogP contribution in [0.2, 0.25) is 0 Å². The van der Waals surface area contributed by atoms with E-state index in [0.717, 1.165) is 29.8 Å². The largest absolute Gasteiger partial charge is 0.422 e. The van der Waals surface area contributed by atoms with Crippen LogP contribution in [0.3, 0.4) is 0 Å². The van der Waals surface area contributed by atoms with Crippen molar-refractivity contribution in [1.82, 2.24) is 15.3 Å². The van der Waals surface area contributed by atoms with Crippen LogP contribution in [0.1, 0.15) is 40.7 Å². The fraction of sp³-hybridized carbons (Fsp3) is 0.393. The quantitative estimate of drug-likeness (QED) is 0.206. The Bertz CT molecular complexity index is 1350. The average molecular weight is 597 g/mol. The molecule has 0 saturated carbocycles. The Labute approximate surface area is 238 Å². The Morgan fingerprint density at radius 1 is 1.05 bits per heavy atom. The van der Waals surface area contributed by atoms with E-state index in [1.807, 2.05) is 6.07 Å². The molecule has 1 fully saturated rings. The van der Waals surface area contributed by atoms with Crippen LogP contribution >= 0.6 is 0 Å². The van der Waals surface area contributed by atoms with Gasteiger partial charge in [0.1, 0.15) is 11.6 Å². The van der Waals surface area contributed by atoms with E-state index in [1.54, 1.807) is 25.4 Å². The third-order valence-corrected chi connectivity index (χ3v) is 6.80. The maximum absolute atomic E-state index is 14.3. The van der Waals surface area contributed by atoms with Crippen molar-refractivity contribution in [3.05, 3.63) is 77.6 Å². The van der Waals surface area contributed by atoms with Crippen LogP contribution in [0.15, 0.2) is 60.9 Å². The summed E-state index contributed by atoms with van der Waals surface area (Å²) in [7, 11) is 1.73. The summed E-state index contributed by atoms with van der Waals surface area (Å²) in [6, 6.07) is 10.2. The zero-order valence-corrected chi connectivity index (χ0v) is 22.6. The van der Waals surface area contributed by atoms with Gasteiger partial charge in [-0.2, -0.15) is 26.3 Å². The number of benzene rings is 1. The van der Waals surface area contributed by atoms with Gasteiger partial charge in [-0.25, -0.2) is 9.97 Å². The van der Waals surface area contributed by atoms with Crippen LogP contribution < -0.4 is 21.3 Å². The predicted octanol–water partition coefficient (Wildman–Crippen LogP) is 5.86. The second kappa shape index (κ2) is 12.9. The predicted molar refractivity (Wildman–Crippen MR) is 145 cm³/mol. The highest BCUT2D eigenvalue weighted by Crippen LogP contribution is 2.49. The van der Waals surface area contributed by atoms with Gasteiger partial charge in [-0.15, -0.1) is 0 Å². The van der Waals surface area contributed by atoms with E-state index in [1.165, 1.54) is 12.3 Å². The molecule has 1 saturated heterocycles. The van der Waals surface area contributed by atoms with Crippen LogP contribution in [0, 0.1) is 0 Å². The molecule has 1 aliphatic rings. The fourth-order valence-electron chi connectivity index (χ4n) is 4.66. The average Bonchev–Trinajstić information content (AvgIpc) is 3.47. The monoisotopic (exact) mass is 596 g/mol. The number of ether oxygens (including phenoxy) is 1. The van der Waals surface area contributed by atoms with Gasteiger partial charge in [0.25, 0.3) is 5.91 Å². The summed E-state index contributed by atoms with van der Waals surface area (Å²) in [5, 5.41) is 11.5. The van der Waals surface area contributed by atoms with Gasteiger partial charge in [0.2, 0.25) is 0 Å². The molecular weight excluding hydrogens is 566 g/mol. The number of pyridine rings is 2. The number of carbonyl (C=O) groups excluding carboxylic acids is 1. The maximum Gasteiger partial charge on any atom is 0.422 e. The highest BCUT2D eigenvalue weighted by molar-refractivity contribution is 6.07. The summed E-state index contributed by atoms with van der Waals surface area (Å²) in [6.07, 6.45) is -8.49. The first-order valence-corrected chi connectivity index (χ1v) is 13.1. The normalized spacial score (nSPS) is 17.0. The Kier molecular flexibility index (Phi) is 9.57. The molecule has 2 aromatic heterocycles. The number of halogens is 6. The van der Waals surface area contributed by atoms with E-state index in [-0.39, 0.29) is 17.1 Å². The summed E-state index contributed by atoms with van der Waals surface area (Å²) in [4.78, 5) is 21.4. The van der Waals surface area contributed by atoms with Crippen LogP contribution in [0.25, 0.3) is 0 Å². The molecule has 8 nitrogen and oxygen atoms in total. The Morgan fingerprint density at radius 2 is 1.81 bits per heavy atom. The molecule has 226 valence electrons. The van der Waals surface area contributed by atoms with Crippen molar-refractivity contribution < 1.29 is 35.9 Å². The number of amides is 1. The minimum atomic E-state index is -5.37. The molecule has 1 amide bonds. The lowest BCUT2D eigenvalue weighted by molar-refractivity contribution is -0.317. The number of nitrogens with zero attached hydrogens (tertiary/aromatic N) is 2. The molecule has 0 bridgehead atoms. The van der Waals surface area contributed by atoms with Gasteiger partial charge in [-0.05, 0) is 66.9 Å². The number of nitrogens with one attached hydrogen (secondary N) is 4. The number of hydrogen-bond acceptors (Lipinski definition) is 7. The van der Waals surface area contributed by atoms with Crippen molar-refractivity contribution in [2.24, 2.45) is 0 Å². The standard InChI is InChI=1S/C28H30F6N6O2/c1-35-23-14-18(10-13-37-23)15-39-24-22(5-3-12-38-24)25(41)40-20-8-6-19(7-9-20)26(28(32,33)34,17-27(29,30)31)42-16-21-4-2-11-36-21/h3,5-10,12-14,21,36H,2,4,11,15-17H2,1H3,(H,35,37)(H,38,39)(H,40,41). The topological polar surface area (TPSA) is 100 Å². The van der Waals surface area contributed by atoms with Gasteiger partial charge >= 0.3 is 12.4 Å². The minimum absolute atomic E-state index is 0.0758. The minimum Gasteiger partial charge on any atom is -0.373 e. The zero-order valence-electron chi connectivity index (χ0n) is 22.6. The summed E-state index contributed by atoms with van der Waals surface area (Å²) >= 11 is 0. The lowest BCUT2D eigenvalue weighted by atomic mass is 9.88. The van der Waals surface area contributed by atoms with Crippen molar-refractivity contribution in [2.45, 2.75) is 49.8 Å². The first-order chi connectivity index (χ1) is 19.9. The summed E-state index contributed by atoms with van der Waals surface area (Å²) in [6.45, 7) is 0.328. The summed E-state index contributed by atoms with van der Waals surface area (Å²) in [5.41, 5.74) is -3.24. The number of aromatic nitrogens is 2. The van der Waals surface area contributed by atoms with Gasteiger partial charge < -0.3 is 26.0 Å². The third-order valence-electron chi connectivity index (χ3n) is 6.80. The molecule has 1 aromatic carbocycles. The fourth-order valence-corrected chi connectivity index (χ4v) is 4.66. The van der Waals surface area contributed by atoms with Crippen molar-refractivity contribution in [3.63, 3.8) is 0 Å². The van der Waals surface area contributed by atoms with E-state index in [2.05, 4.69) is 31.2 Å². The Morgan fingerprint density at radius 3 is 2.45 bits per heavy atom. The molecule has 0 aliphatic carbocycles. The molecule has 0 radical (unpaired) electrons. The molecule has 3 heterocycles. The van der Waals surface area contributed by atoms with E-state index in [9.17, 15) is 31.1 Å². The number of hydrogen-bond donors (Lipinski definition) is 4. The van der Waals surface area contributed by atoms with Gasteiger partial charge in [-0.3, -0.25) is 4.79 Å². The molecule has 42 heavy (non-hydrogen) atoms. The second-order valence-corrected chi connectivity index (χ2v) is 9.80. The lowest BCUT2D eigenvalue weighted by Crippen LogP contribution is -2.49. The number of alkyl halides is 6. The third kappa shape index (κ3) is 7.68. The van der Waals surface area contributed by atoms with Gasteiger partial charge in [0.05, 0.1) is 18.6 Å². The van der Waals surface area contributed by atoms with E-state index >= 15 is 0 Å². The molecule has 2 unspecified atom stereocenters. The highest BCUT2D eigenvalue weighted by atomic mass is 19.4. The van der Waals surface area contributed by atoms with Crippen molar-refractivity contribution >= 4 is 23.2 Å². The smallest absolute Gasteiger partial charge is 0.373 e. The molecule has 2 atom stereocenters.